The third-order valence-electron chi connectivity index (χ3n) is 6.13. The molecule has 5 rings (SSSR count). The molecule has 2 aromatic rings. The molecule has 11 heteroatoms. The van der Waals surface area contributed by atoms with Crippen molar-refractivity contribution in [1.29, 1.82) is 0 Å². The van der Waals surface area contributed by atoms with Crippen LogP contribution in [0.4, 0.5) is 10.5 Å². The summed E-state index contributed by atoms with van der Waals surface area (Å²) in [6.07, 6.45) is -0.405. The number of morpholine rings is 1. The molecule has 4 heterocycles. The fraction of sp³-hybridized carbons (Fsp3) is 0.474. The van der Waals surface area contributed by atoms with Gasteiger partial charge < -0.3 is 18.9 Å². The number of halogens is 1. The Balaban J connectivity index is 1.76. The molecule has 4 amide bonds. The van der Waals surface area contributed by atoms with E-state index in [1.54, 1.807) is 14.0 Å². The molecule has 0 radical (unpaired) electrons. The summed E-state index contributed by atoms with van der Waals surface area (Å²) in [4.78, 5) is 39.9. The average molecular weight is 435 g/mol. The molecule has 3 aliphatic rings. The zero-order valence-electron chi connectivity index (χ0n) is 16.3. The van der Waals surface area contributed by atoms with Gasteiger partial charge in [0.2, 0.25) is 11.8 Å². The van der Waals surface area contributed by atoms with Gasteiger partial charge in [0, 0.05) is 19.0 Å². The number of fused-ring (bicyclic) bond motifs is 5. The highest BCUT2D eigenvalue weighted by molar-refractivity contribution is 6.38. The number of methoxy groups -OCH3 is 1. The summed E-state index contributed by atoms with van der Waals surface area (Å²) in [5.41, 5.74) is 0.821. The molecule has 10 nitrogen and oxygen atoms in total. The smallest absolute Gasteiger partial charge is 0.328 e. The van der Waals surface area contributed by atoms with Crippen molar-refractivity contribution < 1.29 is 28.4 Å². The number of barbiturate groups is 1. The first-order valence-electron chi connectivity index (χ1n) is 9.52. The number of ether oxygens (including phenoxy) is 2. The van der Waals surface area contributed by atoms with Crippen molar-refractivity contribution in [1.82, 2.24) is 15.8 Å². The first kappa shape index (κ1) is 19.3. The van der Waals surface area contributed by atoms with E-state index in [9.17, 15) is 14.4 Å². The summed E-state index contributed by atoms with van der Waals surface area (Å²) in [6.45, 7) is 2.84. The topological polar surface area (TPSA) is 123 Å². The summed E-state index contributed by atoms with van der Waals surface area (Å²) in [5, 5.41) is 9.58. The minimum Gasteiger partial charge on any atom is -0.378 e. The highest BCUT2D eigenvalue weighted by Gasteiger charge is 2.62. The number of nitrogens with zero attached hydrogens (tertiary/aromatic N) is 2. The summed E-state index contributed by atoms with van der Waals surface area (Å²) in [7, 11) is 1.54. The van der Waals surface area contributed by atoms with Crippen LogP contribution in [0, 0.1) is 5.41 Å². The Bertz CT molecular complexity index is 1080. The van der Waals surface area contributed by atoms with Crippen LogP contribution in [0.3, 0.4) is 0 Å². The number of amides is 4. The van der Waals surface area contributed by atoms with Crippen LogP contribution in [0.15, 0.2) is 10.6 Å². The molecule has 1 aromatic carbocycles. The van der Waals surface area contributed by atoms with E-state index in [1.807, 2.05) is 11.0 Å². The van der Waals surface area contributed by atoms with E-state index in [4.69, 9.17) is 25.6 Å². The fourth-order valence-electron chi connectivity index (χ4n) is 4.95. The second-order valence-electron chi connectivity index (χ2n) is 7.74. The molecule has 0 unspecified atom stereocenters. The molecular formula is C19H19ClN4O6. The highest BCUT2D eigenvalue weighted by atomic mass is 35.5. The van der Waals surface area contributed by atoms with Crippen molar-refractivity contribution in [3.05, 3.63) is 22.3 Å². The maximum atomic E-state index is 13.1. The minimum atomic E-state index is -1.55. The molecule has 2 fully saturated rings. The molecule has 3 aliphatic heterocycles. The van der Waals surface area contributed by atoms with Gasteiger partial charge in [0.15, 0.2) is 11.0 Å². The standard InChI is InChI=1S/C19H19ClN4O6/c1-8-15-19(16(25)21-18(27)22-17(19)26)6-9-5-10-11(7-28-2)23-30-14(10)12(20)13(9)24(15)3-4-29-8/h5,8,15H,3-4,6-7H2,1-2H3,(H2,21,22,25,26,27)/t8-,15+/m0/s1. The van der Waals surface area contributed by atoms with Gasteiger partial charge >= 0.3 is 6.03 Å². The van der Waals surface area contributed by atoms with Crippen molar-refractivity contribution in [2.75, 3.05) is 25.2 Å². The van der Waals surface area contributed by atoms with Crippen molar-refractivity contribution in [3.63, 3.8) is 0 Å². The van der Waals surface area contributed by atoms with Crippen molar-refractivity contribution in [2.45, 2.75) is 32.1 Å². The predicted molar refractivity (Wildman–Crippen MR) is 104 cm³/mol. The average Bonchev–Trinajstić information content (AvgIpc) is 3.09. The van der Waals surface area contributed by atoms with Crippen LogP contribution in [0.5, 0.6) is 0 Å². The lowest BCUT2D eigenvalue weighted by Crippen LogP contribution is -2.74. The van der Waals surface area contributed by atoms with Gasteiger partial charge in [-0.05, 0) is 25.0 Å². The molecule has 1 spiro atoms. The molecule has 0 bridgehead atoms. The third-order valence-corrected chi connectivity index (χ3v) is 6.48. The van der Waals surface area contributed by atoms with Gasteiger partial charge in [-0.1, -0.05) is 16.8 Å². The second-order valence-corrected chi connectivity index (χ2v) is 8.11. The monoisotopic (exact) mass is 434 g/mol. The zero-order chi connectivity index (χ0) is 21.2. The maximum absolute atomic E-state index is 13.1. The Morgan fingerprint density at radius 1 is 1.33 bits per heavy atom. The van der Waals surface area contributed by atoms with Crippen LogP contribution < -0.4 is 15.5 Å². The van der Waals surface area contributed by atoms with Crippen LogP contribution in [0.2, 0.25) is 5.02 Å². The van der Waals surface area contributed by atoms with Crippen LogP contribution in [0.25, 0.3) is 11.0 Å². The van der Waals surface area contributed by atoms with Crippen LogP contribution in [0.1, 0.15) is 18.2 Å². The third kappa shape index (κ3) is 2.44. The Kier molecular flexibility index (Phi) is 4.28. The number of urea groups is 1. The van der Waals surface area contributed by atoms with E-state index in [1.165, 1.54) is 0 Å². The van der Waals surface area contributed by atoms with Crippen molar-refractivity contribution in [3.8, 4) is 0 Å². The first-order valence-corrected chi connectivity index (χ1v) is 9.90. The number of nitrogens with one attached hydrogen (secondary N) is 2. The van der Waals surface area contributed by atoms with E-state index in [0.717, 1.165) is 0 Å². The number of hydrogen-bond acceptors (Lipinski definition) is 8. The largest absolute Gasteiger partial charge is 0.378 e. The Morgan fingerprint density at radius 2 is 2.07 bits per heavy atom. The van der Waals surface area contributed by atoms with Crippen LogP contribution in [-0.2, 0) is 32.1 Å². The summed E-state index contributed by atoms with van der Waals surface area (Å²) < 4.78 is 16.4. The summed E-state index contributed by atoms with van der Waals surface area (Å²) >= 11 is 6.75. The number of hydrogen-bond donors (Lipinski definition) is 2. The second kappa shape index (κ2) is 6.66. The van der Waals surface area contributed by atoms with Gasteiger partial charge in [-0.2, -0.15) is 0 Å². The first-order chi connectivity index (χ1) is 14.4. The van der Waals surface area contributed by atoms with Crippen molar-refractivity contribution in [2.24, 2.45) is 5.41 Å². The fourth-order valence-corrected chi connectivity index (χ4v) is 5.32. The van der Waals surface area contributed by atoms with Crippen LogP contribution in [-0.4, -0.2) is 55.4 Å². The molecule has 2 N–H and O–H groups in total. The minimum absolute atomic E-state index is 0.0510. The molecule has 30 heavy (non-hydrogen) atoms. The number of aromatic nitrogens is 1. The predicted octanol–water partition coefficient (Wildman–Crippen LogP) is 1.13. The Hall–Kier alpha value is -2.69. The molecule has 158 valence electrons. The maximum Gasteiger partial charge on any atom is 0.328 e. The van der Waals surface area contributed by atoms with Gasteiger partial charge in [-0.15, -0.1) is 0 Å². The van der Waals surface area contributed by atoms with E-state index >= 15 is 0 Å². The van der Waals surface area contributed by atoms with Gasteiger partial charge in [0.1, 0.15) is 10.7 Å². The number of benzene rings is 1. The Morgan fingerprint density at radius 3 is 2.77 bits per heavy atom. The lowest BCUT2D eigenvalue weighted by atomic mass is 9.66. The Labute approximate surface area is 175 Å². The van der Waals surface area contributed by atoms with Gasteiger partial charge in [-0.3, -0.25) is 20.2 Å². The van der Waals surface area contributed by atoms with E-state index in [2.05, 4.69) is 15.8 Å². The summed E-state index contributed by atoms with van der Waals surface area (Å²) in [5.74, 6) is -1.29. The molecule has 2 saturated heterocycles. The molecule has 1 aromatic heterocycles. The normalized spacial score (nSPS) is 25.2. The van der Waals surface area contributed by atoms with E-state index < -0.39 is 35.4 Å². The van der Waals surface area contributed by atoms with Gasteiger partial charge in [-0.25, -0.2) is 4.79 Å². The lowest BCUT2D eigenvalue weighted by molar-refractivity contribution is -0.151. The van der Waals surface area contributed by atoms with Crippen molar-refractivity contribution >= 4 is 46.1 Å². The number of rotatable bonds is 2. The molecule has 0 saturated carbocycles. The number of carbonyl (C=O) groups excluding carboxylic acids is 3. The summed E-state index contributed by atoms with van der Waals surface area (Å²) in [6, 6.07) is 0.353. The lowest BCUT2D eigenvalue weighted by Gasteiger charge is -2.54. The molecule has 2 atom stereocenters. The number of carbonyl (C=O) groups is 3. The van der Waals surface area contributed by atoms with Crippen LogP contribution >= 0.6 is 11.6 Å². The number of anilines is 1. The van der Waals surface area contributed by atoms with Gasteiger partial charge in [0.05, 0.1) is 31.0 Å². The van der Waals surface area contributed by atoms with E-state index in [-0.39, 0.29) is 13.0 Å². The number of imide groups is 2. The quantitative estimate of drug-likeness (QED) is 0.674. The highest BCUT2D eigenvalue weighted by Crippen LogP contribution is 2.50. The zero-order valence-corrected chi connectivity index (χ0v) is 17.0. The molecule has 0 aliphatic carbocycles. The van der Waals surface area contributed by atoms with E-state index in [0.29, 0.717) is 46.1 Å². The molecular weight excluding hydrogens is 416 g/mol. The van der Waals surface area contributed by atoms with Gasteiger partial charge in [0.25, 0.3) is 0 Å². The SMILES string of the molecule is COCc1noc2c(Cl)c3c(cc12)CC1(C(=O)NC(=O)NC1=O)[C@H]1[C@H](C)OCCN31.